The van der Waals surface area contributed by atoms with Gasteiger partial charge >= 0.3 is 74.6 Å². The first-order valence-electron chi connectivity index (χ1n) is 3.34. The van der Waals surface area contributed by atoms with Crippen molar-refractivity contribution in [2.75, 3.05) is 0 Å². The maximum atomic E-state index is 11.0. The van der Waals surface area contributed by atoms with Gasteiger partial charge in [0.1, 0.15) is 0 Å². The summed E-state index contributed by atoms with van der Waals surface area (Å²) in [5, 5.41) is 0. The van der Waals surface area contributed by atoms with Crippen molar-refractivity contribution in [1.82, 2.24) is 9.55 Å². The Bertz CT molecular complexity index is 443. The number of fused-ring (bicyclic) bond motifs is 1. The Morgan fingerprint density at radius 3 is 3.00 bits per heavy atom. The molecule has 0 radical (unpaired) electrons. The van der Waals surface area contributed by atoms with E-state index in [9.17, 15) is 4.79 Å². The van der Waals surface area contributed by atoms with Crippen LogP contribution < -0.4 is 74.6 Å². The van der Waals surface area contributed by atoms with Gasteiger partial charge in [0.2, 0.25) is 0 Å². The average Bonchev–Trinajstić information content (AvgIpc) is 2.30. The Hall–Kier alpha value is 0.542. The molecule has 56 valence electrons. The second kappa shape index (κ2) is 4.17. The van der Waals surface area contributed by atoms with Crippen LogP contribution in [-0.2, 0) is 7.05 Å². The minimum absolute atomic E-state index is 0. The Morgan fingerprint density at radius 1 is 1.58 bits per heavy atom. The normalized spacial score (nSPS) is 9.75. The predicted octanol–water partition coefficient (Wildman–Crippen LogP) is -2.33. The SMILES string of the molecule is Cn1c(=O)[nH]c2c[c-]ccc21.[Cs+]. The van der Waals surface area contributed by atoms with Crippen molar-refractivity contribution < 1.29 is 68.9 Å². The van der Waals surface area contributed by atoms with E-state index < -0.39 is 0 Å². The third-order valence-electron chi connectivity index (χ3n) is 1.75. The van der Waals surface area contributed by atoms with Crippen LogP contribution in [0.5, 0.6) is 0 Å². The van der Waals surface area contributed by atoms with Crippen molar-refractivity contribution in [3.8, 4) is 0 Å². The molecule has 1 aromatic heterocycles. The van der Waals surface area contributed by atoms with Crippen molar-refractivity contribution in [3.63, 3.8) is 0 Å². The van der Waals surface area contributed by atoms with Gasteiger partial charge in [0.15, 0.2) is 0 Å². The van der Waals surface area contributed by atoms with E-state index in [1.54, 1.807) is 23.7 Å². The molecule has 0 amide bonds. The van der Waals surface area contributed by atoms with Crippen molar-refractivity contribution in [2.24, 2.45) is 7.05 Å². The summed E-state index contributed by atoms with van der Waals surface area (Å²) in [6.45, 7) is 0. The van der Waals surface area contributed by atoms with Crippen molar-refractivity contribution in [1.29, 1.82) is 0 Å². The van der Waals surface area contributed by atoms with Gasteiger partial charge in [-0.05, 0) is 11.0 Å². The van der Waals surface area contributed by atoms with Crippen LogP contribution in [-0.4, -0.2) is 9.55 Å². The number of nitrogens with zero attached hydrogens (tertiary/aromatic N) is 1. The maximum Gasteiger partial charge on any atom is 1.00 e. The molecule has 0 spiro atoms. The molecule has 0 bridgehead atoms. The molecule has 0 saturated heterocycles. The van der Waals surface area contributed by atoms with Crippen molar-refractivity contribution >= 4 is 11.0 Å². The first-order valence-corrected chi connectivity index (χ1v) is 3.34. The second-order valence-corrected chi connectivity index (χ2v) is 2.43. The molecule has 1 N–H and O–H groups in total. The van der Waals surface area contributed by atoms with E-state index >= 15 is 0 Å². The van der Waals surface area contributed by atoms with Crippen LogP contribution in [0.3, 0.4) is 0 Å². The Morgan fingerprint density at radius 2 is 2.33 bits per heavy atom. The number of nitrogens with one attached hydrogen (secondary N) is 1. The maximum absolute atomic E-state index is 11.0. The number of benzene rings is 1. The first-order chi connectivity index (χ1) is 5.29. The van der Waals surface area contributed by atoms with Crippen LogP contribution in [0.4, 0.5) is 0 Å². The molecule has 0 fully saturated rings. The molecule has 3 nitrogen and oxygen atoms in total. The third-order valence-corrected chi connectivity index (χ3v) is 1.75. The largest absolute Gasteiger partial charge is 1.00 e. The van der Waals surface area contributed by atoms with Crippen LogP contribution >= 0.6 is 0 Å². The van der Waals surface area contributed by atoms with E-state index in [0.29, 0.717) is 0 Å². The zero-order valence-electron chi connectivity index (χ0n) is 7.09. The quantitative estimate of drug-likeness (QED) is 0.540. The van der Waals surface area contributed by atoms with Gasteiger partial charge in [-0.3, -0.25) is 0 Å². The van der Waals surface area contributed by atoms with Crippen LogP contribution in [0, 0.1) is 6.07 Å². The molecule has 12 heavy (non-hydrogen) atoms. The summed E-state index contributed by atoms with van der Waals surface area (Å²) in [4.78, 5) is 13.7. The third kappa shape index (κ3) is 1.73. The van der Waals surface area contributed by atoms with Gasteiger partial charge in [-0.2, -0.15) is 18.2 Å². The van der Waals surface area contributed by atoms with Gasteiger partial charge in [-0.25, -0.2) is 4.79 Å². The molecule has 0 aliphatic rings. The zero-order chi connectivity index (χ0) is 7.84. The molecule has 0 saturated carbocycles. The molecule has 2 rings (SSSR count). The molecule has 1 heterocycles. The van der Waals surface area contributed by atoms with Crippen LogP contribution in [0.15, 0.2) is 23.0 Å². The molecule has 0 unspecified atom stereocenters. The molecule has 0 atom stereocenters. The van der Waals surface area contributed by atoms with Gasteiger partial charge < -0.3 is 9.55 Å². The molecule has 2 aromatic rings. The molecule has 0 aliphatic carbocycles. The second-order valence-electron chi connectivity index (χ2n) is 2.43. The predicted molar refractivity (Wildman–Crippen MR) is 42.4 cm³/mol. The average molecular weight is 280 g/mol. The van der Waals surface area contributed by atoms with Crippen LogP contribution in [0.1, 0.15) is 0 Å². The minimum atomic E-state index is -0.0837. The molecular formula is C8H7CsN2O. The van der Waals surface area contributed by atoms with Crippen molar-refractivity contribution in [2.45, 2.75) is 0 Å². The summed E-state index contributed by atoms with van der Waals surface area (Å²) < 4.78 is 1.57. The van der Waals surface area contributed by atoms with E-state index in [4.69, 9.17) is 0 Å². The topological polar surface area (TPSA) is 37.8 Å². The Balaban J connectivity index is 0.000000720. The number of aromatic amines is 1. The number of hydrogen-bond acceptors (Lipinski definition) is 1. The summed E-state index contributed by atoms with van der Waals surface area (Å²) in [6.07, 6.45) is 0. The van der Waals surface area contributed by atoms with E-state index in [1.165, 1.54) is 0 Å². The standard InChI is InChI=1S/C8H7N2O.Cs/c1-10-7-5-3-2-4-6(7)9-8(10)11;/h3-5H,1H3,(H,9,11);/q-1;+1. The van der Waals surface area contributed by atoms with Crippen LogP contribution in [0.25, 0.3) is 11.0 Å². The number of H-pyrrole nitrogens is 1. The number of aromatic nitrogens is 2. The first kappa shape index (κ1) is 10.6. The Labute approximate surface area is 129 Å². The Kier molecular flexibility index (Phi) is 3.69. The van der Waals surface area contributed by atoms with Gasteiger partial charge in [0.05, 0.1) is 0 Å². The summed E-state index contributed by atoms with van der Waals surface area (Å²) in [6, 6.07) is 8.29. The van der Waals surface area contributed by atoms with E-state index in [0.717, 1.165) is 11.0 Å². The fraction of sp³-hybridized carbons (Fsp3) is 0.125. The smallest absolute Gasteiger partial charge is 0.359 e. The molecule has 1 aromatic carbocycles. The molecule has 0 aliphatic heterocycles. The number of rotatable bonds is 0. The van der Waals surface area contributed by atoms with Gasteiger partial charge in [0, 0.05) is 7.05 Å². The van der Waals surface area contributed by atoms with E-state index in [2.05, 4.69) is 11.1 Å². The molecule has 4 heteroatoms. The fourth-order valence-electron chi connectivity index (χ4n) is 1.12. The van der Waals surface area contributed by atoms with Gasteiger partial charge in [-0.15, -0.1) is 6.07 Å². The summed E-state index contributed by atoms with van der Waals surface area (Å²) in [7, 11) is 1.74. The monoisotopic (exact) mass is 280 g/mol. The van der Waals surface area contributed by atoms with E-state index in [-0.39, 0.29) is 74.6 Å². The van der Waals surface area contributed by atoms with Gasteiger partial charge in [-0.1, -0.05) is 0 Å². The van der Waals surface area contributed by atoms with Gasteiger partial charge in [0.25, 0.3) is 0 Å². The van der Waals surface area contributed by atoms with Crippen molar-refractivity contribution in [3.05, 3.63) is 34.7 Å². The summed E-state index contributed by atoms with van der Waals surface area (Å²) >= 11 is 0. The minimum Gasteiger partial charge on any atom is -0.359 e. The zero-order valence-corrected chi connectivity index (χ0v) is 13.4. The summed E-state index contributed by atoms with van der Waals surface area (Å²) in [5.41, 5.74) is 1.66. The summed E-state index contributed by atoms with van der Waals surface area (Å²) in [5.74, 6) is 0. The number of hydrogen-bond donors (Lipinski definition) is 1. The van der Waals surface area contributed by atoms with Crippen LogP contribution in [0.2, 0.25) is 0 Å². The molecular weight excluding hydrogens is 273 g/mol. The van der Waals surface area contributed by atoms with E-state index in [1.807, 2.05) is 6.07 Å². The number of imidazole rings is 1. The fourth-order valence-corrected chi connectivity index (χ4v) is 1.12. The number of aryl methyl sites for hydroxylation is 1.